The number of ether oxygens (including phenoxy) is 1. The van der Waals surface area contributed by atoms with Gasteiger partial charge in [-0.05, 0) is 24.3 Å². The lowest BCUT2D eigenvalue weighted by Crippen LogP contribution is -2.27. The SMILES string of the molecule is COc1ccc2[nH]cc(/C=N/NC(=O)C(=O)c3c[nH]c4ccccc34)c2c1. The summed E-state index contributed by atoms with van der Waals surface area (Å²) in [5.41, 5.74) is 5.08. The summed E-state index contributed by atoms with van der Waals surface area (Å²) in [6.07, 6.45) is 4.78. The second kappa shape index (κ2) is 6.80. The number of nitrogens with zero attached hydrogens (tertiary/aromatic N) is 1. The normalized spacial score (nSPS) is 11.3. The van der Waals surface area contributed by atoms with E-state index in [1.165, 1.54) is 12.4 Å². The van der Waals surface area contributed by atoms with Crippen LogP contribution in [-0.2, 0) is 4.79 Å². The van der Waals surface area contributed by atoms with Crippen LogP contribution in [0.2, 0.25) is 0 Å². The van der Waals surface area contributed by atoms with Crippen molar-refractivity contribution in [2.24, 2.45) is 5.10 Å². The molecule has 0 radical (unpaired) electrons. The van der Waals surface area contributed by atoms with E-state index in [4.69, 9.17) is 4.74 Å². The molecule has 7 heteroatoms. The van der Waals surface area contributed by atoms with E-state index in [2.05, 4.69) is 20.5 Å². The molecule has 0 aliphatic heterocycles. The first-order valence-electron chi connectivity index (χ1n) is 8.26. The van der Waals surface area contributed by atoms with Crippen molar-refractivity contribution < 1.29 is 14.3 Å². The number of aromatic nitrogens is 2. The van der Waals surface area contributed by atoms with E-state index in [1.54, 1.807) is 19.4 Å². The van der Waals surface area contributed by atoms with Crippen LogP contribution in [0.15, 0.2) is 60.0 Å². The number of para-hydroxylation sites is 1. The second-order valence-electron chi connectivity index (χ2n) is 5.93. The third-order valence-electron chi connectivity index (χ3n) is 4.33. The van der Waals surface area contributed by atoms with Crippen LogP contribution >= 0.6 is 0 Å². The van der Waals surface area contributed by atoms with Gasteiger partial charge in [-0.1, -0.05) is 18.2 Å². The van der Waals surface area contributed by atoms with E-state index < -0.39 is 11.7 Å². The predicted molar refractivity (Wildman–Crippen MR) is 103 cm³/mol. The molecule has 0 unspecified atom stereocenters. The van der Waals surface area contributed by atoms with Crippen molar-refractivity contribution in [1.82, 2.24) is 15.4 Å². The maximum Gasteiger partial charge on any atom is 0.312 e. The fourth-order valence-corrected chi connectivity index (χ4v) is 2.95. The summed E-state index contributed by atoms with van der Waals surface area (Å²) >= 11 is 0. The lowest BCUT2D eigenvalue weighted by molar-refractivity contribution is -0.116. The molecule has 2 heterocycles. The minimum Gasteiger partial charge on any atom is -0.497 e. The first kappa shape index (κ1) is 16.6. The van der Waals surface area contributed by atoms with Gasteiger partial charge in [0, 0.05) is 39.8 Å². The zero-order chi connectivity index (χ0) is 18.8. The third-order valence-corrected chi connectivity index (χ3v) is 4.33. The number of benzene rings is 2. The Labute approximate surface area is 154 Å². The summed E-state index contributed by atoms with van der Waals surface area (Å²) < 4.78 is 5.22. The monoisotopic (exact) mass is 360 g/mol. The number of Topliss-reactive ketones (excluding diaryl/α,β-unsaturated/α-hetero) is 1. The molecule has 0 aliphatic carbocycles. The van der Waals surface area contributed by atoms with E-state index >= 15 is 0 Å². The molecule has 2 aromatic heterocycles. The molecule has 134 valence electrons. The zero-order valence-electron chi connectivity index (χ0n) is 14.4. The van der Waals surface area contributed by atoms with Crippen LogP contribution in [0.4, 0.5) is 0 Å². The standard InChI is InChI=1S/C20H16N4O3/c1-27-13-6-7-18-15(8-13)12(9-21-18)10-23-24-20(26)19(25)16-11-22-17-5-3-2-4-14(16)17/h2-11,21-22H,1H3,(H,24,26)/b23-10+. The van der Waals surface area contributed by atoms with Gasteiger partial charge in [-0.2, -0.15) is 5.10 Å². The van der Waals surface area contributed by atoms with E-state index in [1.807, 2.05) is 36.4 Å². The Bertz CT molecular complexity index is 1190. The Kier molecular flexibility index (Phi) is 4.18. The molecule has 2 aromatic carbocycles. The summed E-state index contributed by atoms with van der Waals surface area (Å²) in [5.74, 6) is -0.728. The lowest BCUT2D eigenvalue weighted by atomic mass is 10.1. The Balaban J connectivity index is 1.51. The molecule has 3 N–H and O–H groups in total. The summed E-state index contributed by atoms with van der Waals surface area (Å²) in [4.78, 5) is 30.6. The summed E-state index contributed by atoms with van der Waals surface area (Å²) in [6, 6.07) is 12.9. The number of hydrazone groups is 1. The fourth-order valence-electron chi connectivity index (χ4n) is 2.95. The van der Waals surface area contributed by atoms with E-state index in [9.17, 15) is 9.59 Å². The molecule has 4 aromatic rings. The molecule has 27 heavy (non-hydrogen) atoms. The molecule has 0 atom stereocenters. The first-order valence-corrected chi connectivity index (χ1v) is 8.26. The number of ketones is 1. The van der Waals surface area contributed by atoms with E-state index in [-0.39, 0.29) is 0 Å². The molecule has 7 nitrogen and oxygen atoms in total. The van der Waals surface area contributed by atoms with Crippen LogP contribution in [0, 0.1) is 0 Å². The highest BCUT2D eigenvalue weighted by Gasteiger charge is 2.19. The number of carbonyl (C=O) groups is 2. The number of amides is 1. The zero-order valence-corrected chi connectivity index (χ0v) is 14.4. The Morgan fingerprint density at radius 3 is 2.67 bits per heavy atom. The molecule has 0 bridgehead atoms. The van der Waals surface area contributed by atoms with Gasteiger partial charge in [0.15, 0.2) is 0 Å². The van der Waals surface area contributed by atoms with Crippen LogP contribution in [0.1, 0.15) is 15.9 Å². The number of fused-ring (bicyclic) bond motifs is 2. The molecular weight excluding hydrogens is 344 g/mol. The van der Waals surface area contributed by atoms with Gasteiger partial charge < -0.3 is 14.7 Å². The van der Waals surface area contributed by atoms with Gasteiger partial charge in [0.05, 0.1) is 18.9 Å². The highest BCUT2D eigenvalue weighted by molar-refractivity contribution is 6.44. The number of H-pyrrole nitrogens is 2. The number of methoxy groups -OCH3 is 1. The molecular formula is C20H16N4O3. The minimum atomic E-state index is -0.798. The predicted octanol–water partition coefficient (Wildman–Crippen LogP) is 2.99. The number of rotatable bonds is 5. The van der Waals surface area contributed by atoms with Crippen molar-refractivity contribution in [2.45, 2.75) is 0 Å². The molecule has 1 amide bonds. The molecule has 0 spiro atoms. The fraction of sp³-hybridized carbons (Fsp3) is 0.0500. The number of hydrogen-bond acceptors (Lipinski definition) is 4. The van der Waals surface area contributed by atoms with Gasteiger partial charge in [0.2, 0.25) is 0 Å². The Hall–Kier alpha value is -3.87. The van der Waals surface area contributed by atoms with Crippen LogP contribution < -0.4 is 10.2 Å². The van der Waals surface area contributed by atoms with Crippen LogP contribution in [0.5, 0.6) is 5.75 Å². The van der Waals surface area contributed by atoms with Crippen LogP contribution in [0.3, 0.4) is 0 Å². The number of hydrogen-bond donors (Lipinski definition) is 3. The van der Waals surface area contributed by atoms with Gasteiger partial charge >= 0.3 is 5.91 Å². The smallest absolute Gasteiger partial charge is 0.312 e. The largest absolute Gasteiger partial charge is 0.497 e. The van der Waals surface area contributed by atoms with E-state index in [0.29, 0.717) is 10.9 Å². The molecule has 0 aliphatic rings. The van der Waals surface area contributed by atoms with Crippen molar-refractivity contribution in [3.63, 3.8) is 0 Å². The number of aromatic amines is 2. The second-order valence-corrected chi connectivity index (χ2v) is 5.93. The topological polar surface area (TPSA) is 99.3 Å². The van der Waals surface area contributed by atoms with Gasteiger partial charge in [0.25, 0.3) is 5.78 Å². The minimum absolute atomic E-state index is 0.315. The quantitative estimate of drug-likeness (QED) is 0.221. The Morgan fingerprint density at radius 1 is 1.04 bits per heavy atom. The molecule has 0 saturated carbocycles. The number of nitrogens with one attached hydrogen (secondary N) is 3. The summed E-state index contributed by atoms with van der Waals surface area (Å²) in [7, 11) is 1.60. The highest BCUT2D eigenvalue weighted by atomic mass is 16.5. The summed E-state index contributed by atoms with van der Waals surface area (Å²) in [6.45, 7) is 0. The average Bonchev–Trinajstić information content (AvgIpc) is 3.31. The van der Waals surface area contributed by atoms with Gasteiger partial charge in [0.1, 0.15) is 5.75 Å². The summed E-state index contributed by atoms with van der Waals surface area (Å²) in [5, 5.41) is 5.51. The maximum absolute atomic E-state index is 12.4. The van der Waals surface area contributed by atoms with Crippen molar-refractivity contribution in [3.05, 3.63) is 66.0 Å². The van der Waals surface area contributed by atoms with Crippen molar-refractivity contribution in [3.8, 4) is 5.75 Å². The van der Waals surface area contributed by atoms with E-state index in [0.717, 1.165) is 27.7 Å². The average molecular weight is 360 g/mol. The lowest BCUT2D eigenvalue weighted by Gasteiger charge is -2.00. The van der Waals surface area contributed by atoms with Gasteiger partial charge in [-0.3, -0.25) is 9.59 Å². The first-order chi connectivity index (χ1) is 13.2. The van der Waals surface area contributed by atoms with Gasteiger partial charge in [-0.15, -0.1) is 0 Å². The van der Waals surface area contributed by atoms with Crippen molar-refractivity contribution in [2.75, 3.05) is 7.11 Å². The van der Waals surface area contributed by atoms with Crippen molar-refractivity contribution >= 4 is 39.7 Å². The maximum atomic E-state index is 12.4. The third kappa shape index (κ3) is 3.06. The van der Waals surface area contributed by atoms with Gasteiger partial charge in [-0.25, -0.2) is 5.43 Å². The van der Waals surface area contributed by atoms with Crippen molar-refractivity contribution in [1.29, 1.82) is 0 Å². The van der Waals surface area contributed by atoms with Crippen LogP contribution in [0.25, 0.3) is 21.8 Å². The Morgan fingerprint density at radius 2 is 1.81 bits per heavy atom. The number of carbonyl (C=O) groups excluding carboxylic acids is 2. The highest BCUT2D eigenvalue weighted by Crippen LogP contribution is 2.22. The van der Waals surface area contributed by atoms with Crippen LogP contribution in [-0.4, -0.2) is 35.0 Å². The molecule has 0 fully saturated rings. The molecule has 4 rings (SSSR count). The molecule has 0 saturated heterocycles.